The van der Waals surface area contributed by atoms with E-state index in [1.807, 2.05) is 13.1 Å². The van der Waals surface area contributed by atoms with Crippen LogP contribution in [0, 0.1) is 12.8 Å². The first-order chi connectivity index (χ1) is 9.41. The van der Waals surface area contributed by atoms with Gasteiger partial charge >= 0.3 is 0 Å². The summed E-state index contributed by atoms with van der Waals surface area (Å²) in [6.45, 7) is 6.14. The van der Waals surface area contributed by atoms with Crippen molar-refractivity contribution in [2.45, 2.75) is 39.3 Å². The largest absolute Gasteiger partial charge is 0.309 e. The normalized spacial score (nSPS) is 24.9. The van der Waals surface area contributed by atoms with E-state index >= 15 is 0 Å². The number of hydrogen-bond acceptors (Lipinski definition) is 4. The third-order valence-corrected chi connectivity index (χ3v) is 5.45. The van der Waals surface area contributed by atoms with Gasteiger partial charge in [-0.05, 0) is 19.3 Å². The van der Waals surface area contributed by atoms with Gasteiger partial charge < -0.3 is 5.32 Å². The molecule has 1 aromatic heterocycles. The molecular weight excluding hydrogens is 276 g/mol. The van der Waals surface area contributed by atoms with Crippen molar-refractivity contribution in [3.63, 3.8) is 0 Å². The molecule has 1 fully saturated rings. The van der Waals surface area contributed by atoms with E-state index in [0.717, 1.165) is 25.1 Å². The summed E-state index contributed by atoms with van der Waals surface area (Å²) >= 11 is 0. The van der Waals surface area contributed by atoms with Crippen molar-refractivity contribution in [2.24, 2.45) is 5.92 Å². The molecule has 0 aliphatic carbocycles. The predicted molar refractivity (Wildman–Crippen MR) is 78.8 cm³/mol. The number of H-pyrrole nitrogens is 1. The molecule has 2 N–H and O–H groups in total. The maximum atomic E-state index is 11.6. The lowest BCUT2D eigenvalue weighted by molar-refractivity contribution is 0.201. The fourth-order valence-electron chi connectivity index (χ4n) is 2.78. The van der Waals surface area contributed by atoms with Crippen LogP contribution in [-0.4, -0.2) is 48.3 Å². The molecule has 0 amide bonds. The summed E-state index contributed by atoms with van der Waals surface area (Å²) in [5.74, 6) is 0.366. The number of nitrogens with one attached hydrogen (secondary N) is 2. The summed E-state index contributed by atoms with van der Waals surface area (Å²) in [7, 11) is -3.07. The highest BCUT2D eigenvalue weighted by atomic mass is 32.2. The van der Waals surface area contributed by atoms with Gasteiger partial charge in [0.1, 0.15) is 0 Å². The zero-order chi connectivity index (χ0) is 14.8. The third-order valence-electron chi connectivity index (χ3n) is 4.18. The SMILES string of the molecule is CC[C@@H]1CN(S(C)(=O)=O)CC[C@H]1NCc1cn[nH]c1C. The summed E-state index contributed by atoms with van der Waals surface area (Å²) in [6, 6.07) is 0.368. The van der Waals surface area contributed by atoms with Gasteiger partial charge in [-0.15, -0.1) is 0 Å². The molecular formula is C13H24N4O2S. The molecule has 0 unspecified atom stereocenters. The van der Waals surface area contributed by atoms with Crippen molar-refractivity contribution < 1.29 is 8.42 Å². The molecule has 2 heterocycles. The standard InChI is InChI=1S/C13H24N4O2S/c1-4-11-9-17(20(3,18)19)6-5-13(11)14-7-12-8-15-16-10(12)2/h8,11,13-14H,4-7,9H2,1-3H3,(H,15,16)/t11-,13-/m1/s1. The van der Waals surface area contributed by atoms with Gasteiger partial charge in [-0.3, -0.25) is 5.10 Å². The van der Waals surface area contributed by atoms with E-state index in [1.165, 1.54) is 11.8 Å². The Morgan fingerprint density at radius 1 is 1.55 bits per heavy atom. The van der Waals surface area contributed by atoms with Crippen LogP contribution in [0.15, 0.2) is 6.20 Å². The minimum absolute atomic E-state index is 0.366. The van der Waals surface area contributed by atoms with E-state index in [2.05, 4.69) is 22.4 Å². The van der Waals surface area contributed by atoms with Crippen molar-refractivity contribution in [3.8, 4) is 0 Å². The first-order valence-corrected chi connectivity index (χ1v) is 8.94. The monoisotopic (exact) mass is 300 g/mol. The molecule has 20 heavy (non-hydrogen) atoms. The van der Waals surface area contributed by atoms with E-state index < -0.39 is 10.0 Å². The van der Waals surface area contributed by atoms with Crippen LogP contribution < -0.4 is 5.32 Å². The van der Waals surface area contributed by atoms with Gasteiger partial charge in [0.15, 0.2) is 0 Å². The number of rotatable bonds is 5. The molecule has 0 aromatic carbocycles. The van der Waals surface area contributed by atoms with Crippen LogP contribution in [0.2, 0.25) is 0 Å². The second kappa shape index (κ2) is 6.24. The van der Waals surface area contributed by atoms with Crippen LogP contribution in [0.5, 0.6) is 0 Å². The fraction of sp³-hybridized carbons (Fsp3) is 0.769. The molecule has 0 bridgehead atoms. The fourth-order valence-corrected chi connectivity index (χ4v) is 3.68. The number of hydrogen-bond donors (Lipinski definition) is 2. The number of aryl methyl sites for hydroxylation is 1. The van der Waals surface area contributed by atoms with Crippen molar-refractivity contribution in [1.82, 2.24) is 19.8 Å². The van der Waals surface area contributed by atoms with Crippen LogP contribution in [0.4, 0.5) is 0 Å². The Labute approximate surface area is 121 Å². The predicted octanol–water partition coefficient (Wildman–Crippen LogP) is 0.868. The molecule has 1 aliphatic heterocycles. The lowest BCUT2D eigenvalue weighted by Gasteiger charge is -2.37. The van der Waals surface area contributed by atoms with Gasteiger partial charge in [0.2, 0.25) is 10.0 Å². The Balaban J connectivity index is 1.94. The first kappa shape index (κ1) is 15.5. The molecule has 6 nitrogen and oxygen atoms in total. The van der Waals surface area contributed by atoms with Gasteiger partial charge in [0.25, 0.3) is 0 Å². The average molecular weight is 300 g/mol. The van der Waals surface area contributed by atoms with Crippen LogP contribution in [-0.2, 0) is 16.6 Å². The van der Waals surface area contributed by atoms with Gasteiger partial charge in [-0.2, -0.15) is 5.10 Å². The Hall–Kier alpha value is -0.920. The van der Waals surface area contributed by atoms with Crippen LogP contribution >= 0.6 is 0 Å². The number of sulfonamides is 1. The lowest BCUT2D eigenvalue weighted by atomic mass is 9.91. The van der Waals surface area contributed by atoms with E-state index in [4.69, 9.17) is 0 Å². The topological polar surface area (TPSA) is 78.1 Å². The quantitative estimate of drug-likeness (QED) is 0.846. The minimum atomic E-state index is -3.07. The van der Waals surface area contributed by atoms with Gasteiger partial charge in [-0.1, -0.05) is 13.3 Å². The van der Waals surface area contributed by atoms with Gasteiger partial charge in [-0.25, -0.2) is 12.7 Å². The van der Waals surface area contributed by atoms with Crippen molar-refractivity contribution in [3.05, 3.63) is 17.5 Å². The van der Waals surface area contributed by atoms with Gasteiger partial charge in [0.05, 0.1) is 12.5 Å². The molecule has 1 aromatic rings. The average Bonchev–Trinajstić information content (AvgIpc) is 2.80. The highest BCUT2D eigenvalue weighted by Gasteiger charge is 2.31. The Morgan fingerprint density at radius 3 is 2.85 bits per heavy atom. The molecule has 0 spiro atoms. The molecule has 0 radical (unpaired) electrons. The van der Waals surface area contributed by atoms with Crippen molar-refractivity contribution in [2.75, 3.05) is 19.3 Å². The molecule has 2 atom stereocenters. The number of aromatic nitrogens is 2. The lowest BCUT2D eigenvalue weighted by Crippen LogP contribution is -2.50. The van der Waals surface area contributed by atoms with Crippen molar-refractivity contribution >= 4 is 10.0 Å². The maximum Gasteiger partial charge on any atom is 0.211 e. The molecule has 1 saturated heterocycles. The summed E-state index contributed by atoms with van der Waals surface area (Å²) in [6.07, 6.45) is 4.98. The third kappa shape index (κ3) is 3.59. The summed E-state index contributed by atoms with van der Waals surface area (Å²) in [4.78, 5) is 0. The van der Waals surface area contributed by atoms with Crippen LogP contribution in [0.1, 0.15) is 31.0 Å². The highest BCUT2D eigenvalue weighted by molar-refractivity contribution is 7.88. The van der Waals surface area contributed by atoms with E-state index in [0.29, 0.717) is 25.0 Å². The highest BCUT2D eigenvalue weighted by Crippen LogP contribution is 2.22. The Bertz CT molecular complexity index is 540. The molecule has 114 valence electrons. The Kier molecular flexibility index (Phi) is 4.82. The maximum absolute atomic E-state index is 11.6. The van der Waals surface area contributed by atoms with Crippen LogP contribution in [0.3, 0.4) is 0 Å². The second-order valence-corrected chi connectivity index (χ2v) is 7.57. The number of nitrogens with zero attached hydrogens (tertiary/aromatic N) is 2. The smallest absolute Gasteiger partial charge is 0.211 e. The van der Waals surface area contributed by atoms with Crippen LogP contribution in [0.25, 0.3) is 0 Å². The second-order valence-electron chi connectivity index (χ2n) is 5.59. The molecule has 0 saturated carbocycles. The molecule has 2 rings (SSSR count). The summed E-state index contributed by atoms with van der Waals surface area (Å²) in [5, 5.41) is 10.5. The molecule has 7 heteroatoms. The zero-order valence-electron chi connectivity index (χ0n) is 12.4. The van der Waals surface area contributed by atoms with E-state index in [1.54, 1.807) is 4.31 Å². The van der Waals surface area contributed by atoms with E-state index in [-0.39, 0.29) is 0 Å². The van der Waals surface area contributed by atoms with E-state index in [9.17, 15) is 8.42 Å². The number of aromatic amines is 1. The van der Waals surface area contributed by atoms with Crippen molar-refractivity contribution in [1.29, 1.82) is 0 Å². The van der Waals surface area contributed by atoms with Gasteiger partial charge in [0, 0.05) is 36.9 Å². The first-order valence-electron chi connectivity index (χ1n) is 7.09. The number of piperidine rings is 1. The summed E-state index contributed by atoms with van der Waals surface area (Å²) < 4.78 is 24.9. The Morgan fingerprint density at radius 2 is 2.30 bits per heavy atom. The minimum Gasteiger partial charge on any atom is -0.309 e. The molecule has 1 aliphatic rings. The summed E-state index contributed by atoms with van der Waals surface area (Å²) in [5.41, 5.74) is 2.25. The zero-order valence-corrected chi connectivity index (χ0v) is 13.2.